The minimum absolute atomic E-state index is 0.332. The Morgan fingerprint density at radius 3 is 1.66 bits per heavy atom. The number of rotatable bonds is 37. The third-order valence-corrected chi connectivity index (χ3v) is 16.5. The fourth-order valence-electron chi connectivity index (χ4n) is 11.4. The van der Waals surface area contributed by atoms with Gasteiger partial charge in [-0.1, -0.05) is 83.3 Å². The number of hydrogen-bond acceptors (Lipinski definition) is 30. The molecule has 522 valence electrons. The number of nitrogens with one attached hydrogen (secondary N) is 3. The molecule has 0 unspecified atom stereocenters. The number of carbonyl (C=O) groups excluding carboxylic acids is 3. The van der Waals surface area contributed by atoms with E-state index in [2.05, 4.69) is 22.9 Å². The number of aliphatic hydroxyl groups excluding tert-OH is 16. The zero-order valence-electron chi connectivity index (χ0n) is 50.6. The van der Waals surface area contributed by atoms with Crippen molar-refractivity contribution in [2.75, 3.05) is 39.6 Å². The number of aliphatic carboxylic acids is 1. The molecule has 34 nitrogen and oxygen atoms in total. The number of carbonyl (C=O) groups is 4. The molecule has 5 heterocycles. The van der Waals surface area contributed by atoms with E-state index in [1.807, 2.05) is 0 Å². The monoisotopic (exact) mass is 1310 g/mol. The van der Waals surface area contributed by atoms with Gasteiger partial charge < -0.3 is 150 Å². The first kappa shape index (κ1) is 77.3. The molecule has 90 heavy (non-hydrogen) atoms. The van der Waals surface area contributed by atoms with Gasteiger partial charge in [0.1, 0.15) is 116 Å². The van der Waals surface area contributed by atoms with Gasteiger partial charge in [0.05, 0.1) is 63.9 Å². The number of carboxylic acid groups (broad SMARTS) is 1. The van der Waals surface area contributed by atoms with Crippen LogP contribution in [-0.4, -0.2) is 322 Å². The average molecular weight is 1310 g/mol. The zero-order chi connectivity index (χ0) is 66.6. The summed E-state index contributed by atoms with van der Waals surface area (Å²) in [6, 6.07) is -4.49. The molecule has 5 fully saturated rings. The van der Waals surface area contributed by atoms with E-state index in [1.54, 1.807) is 6.08 Å². The molecule has 0 aromatic heterocycles. The Morgan fingerprint density at radius 2 is 1.10 bits per heavy atom. The number of amides is 3. The van der Waals surface area contributed by atoms with Gasteiger partial charge in [-0.25, -0.2) is 4.79 Å². The van der Waals surface area contributed by atoms with Gasteiger partial charge in [0.15, 0.2) is 25.2 Å². The van der Waals surface area contributed by atoms with E-state index in [4.69, 9.17) is 47.4 Å². The van der Waals surface area contributed by atoms with Crippen molar-refractivity contribution in [1.82, 2.24) is 16.0 Å². The van der Waals surface area contributed by atoms with Crippen molar-refractivity contribution >= 4 is 24.2 Å². The number of hydrogen-bond donors (Lipinski definition) is 20. The highest BCUT2D eigenvalue weighted by atomic mass is 16.8. The number of unbranched alkanes of at least 4 members (excludes halogenated alkanes) is 11. The topological polar surface area (TPSA) is 541 Å². The van der Waals surface area contributed by atoms with Crippen LogP contribution in [0.5, 0.6) is 0 Å². The molecular formula is C56H97N3O31. The molecule has 0 aromatic carbocycles. The summed E-state index contributed by atoms with van der Waals surface area (Å²) >= 11 is 0. The Bertz CT molecular complexity index is 2160. The van der Waals surface area contributed by atoms with Crippen molar-refractivity contribution in [3.8, 4) is 0 Å². The summed E-state index contributed by atoms with van der Waals surface area (Å²) in [6.45, 7) is -1.51. The van der Waals surface area contributed by atoms with Gasteiger partial charge in [0.25, 0.3) is 5.79 Å². The van der Waals surface area contributed by atoms with Gasteiger partial charge in [0.2, 0.25) is 18.2 Å². The SMILES string of the molecule is CCCCCCCCCCCCC/C=C/[C@@H](O)[C@H](CO[C@@H]1O[C@H](CO)[C@@H](O[C@@H]2O[C@H](CO)[C@H](O)[C@H](O[C@@H]3O[C@H](CO)[C@@H](O[C@@H]4O[C@H](CO[C@]5(C(=O)O)C[C@H](O)[C@@H](NC(C)=O)[C@H]([C@H](O)[C@H](O)CO)O5)[C@H](O)[C@H](O)[C@H]4O)[C@H](O)[C@H]3NC(C)=O)[C@H]2O)[C@H](O)[C@H]1O)NC=O. The number of allylic oxidation sites excluding steroid dienone is 1. The molecule has 28 atom stereocenters. The summed E-state index contributed by atoms with van der Waals surface area (Å²) in [4.78, 5) is 49.0. The molecule has 20 N–H and O–H groups in total. The largest absolute Gasteiger partial charge is 0.477 e. The number of ether oxygens (including phenoxy) is 10. The molecule has 0 radical (unpaired) electrons. The van der Waals surface area contributed by atoms with E-state index in [9.17, 15) is 106 Å². The molecule has 5 saturated heterocycles. The van der Waals surface area contributed by atoms with E-state index in [0.29, 0.717) is 12.8 Å². The Labute approximate surface area is 519 Å². The van der Waals surface area contributed by atoms with Crippen LogP contribution in [-0.2, 0) is 66.5 Å². The molecule has 5 aliphatic rings. The van der Waals surface area contributed by atoms with Crippen LogP contribution < -0.4 is 16.0 Å². The summed E-state index contributed by atoms with van der Waals surface area (Å²) in [7, 11) is 0. The van der Waals surface area contributed by atoms with Crippen LogP contribution in [0.25, 0.3) is 0 Å². The Balaban J connectivity index is 1.23. The van der Waals surface area contributed by atoms with E-state index < -0.39 is 235 Å². The van der Waals surface area contributed by atoms with Gasteiger partial charge in [-0.2, -0.15) is 0 Å². The van der Waals surface area contributed by atoms with Gasteiger partial charge >= 0.3 is 5.97 Å². The van der Waals surface area contributed by atoms with Crippen LogP contribution in [0.2, 0.25) is 0 Å². The first-order chi connectivity index (χ1) is 42.8. The predicted octanol–water partition coefficient (Wildman–Crippen LogP) is -7.67. The Hall–Kier alpha value is -3.42. The van der Waals surface area contributed by atoms with Crippen molar-refractivity contribution in [1.29, 1.82) is 0 Å². The Kier molecular flexibility index (Phi) is 32.3. The Morgan fingerprint density at radius 1 is 0.589 bits per heavy atom. The molecule has 3 amide bonds. The lowest BCUT2D eigenvalue weighted by Gasteiger charge is -2.50. The van der Waals surface area contributed by atoms with Gasteiger partial charge in [0, 0.05) is 20.3 Å². The fraction of sp³-hybridized carbons (Fsp3) is 0.893. The van der Waals surface area contributed by atoms with Gasteiger partial charge in [-0.05, 0) is 12.8 Å². The second-order valence-electron chi connectivity index (χ2n) is 23.3. The number of carboxylic acids is 1. The molecule has 0 aromatic rings. The lowest BCUT2D eigenvalue weighted by molar-refractivity contribution is -0.382. The van der Waals surface area contributed by atoms with Gasteiger partial charge in [-0.3, -0.25) is 14.4 Å². The predicted molar refractivity (Wildman–Crippen MR) is 300 cm³/mol. The maximum absolute atomic E-state index is 12.8. The second-order valence-corrected chi connectivity index (χ2v) is 23.3. The summed E-state index contributed by atoms with van der Waals surface area (Å²) in [5, 5.41) is 192. The molecule has 0 bridgehead atoms. The third kappa shape index (κ3) is 20.5. The van der Waals surface area contributed by atoms with Crippen LogP contribution in [0.15, 0.2) is 12.2 Å². The minimum Gasteiger partial charge on any atom is -0.477 e. The van der Waals surface area contributed by atoms with Crippen molar-refractivity contribution in [2.45, 2.75) is 275 Å². The smallest absolute Gasteiger partial charge is 0.364 e. The normalized spacial score (nSPS) is 38.9. The number of aliphatic hydroxyl groups is 16. The van der Waals surface area contributed by atoms with Crippen LogP contribution >= 0.6 is 0 Å². The van der Waals surface area contributed by atoms with E-state index in [1.165, 1.54) is 51.0 Å². The maximum atomic E-state index is 12.8. The molecule has 0 saturated carbocycles. The minimum atomic E-state index is -2.98. The average Bonchev–Trinajstić information content (AvgIpc) is 0.807. The second kappa shape index (κ2) is 37.6. The highest BCUT2D eigenvalue weighted by Crippen LogP contribution is 2.38. The zero-order valence-corrected chi connectivity index (χ0v) is 50.6. The quantitative estimate of drug-likeness (QED) is 0.0156. The van der Waals surface area contributed by atoms with Crippen LogP contribution in [0.4, 0.5) is 0 Å². The first-order valence-electron chi connectivity index (χ1n) is 30.6. The molecule has 0 aliphatic carbocycles. The van der Waals surface area contributed by atoms with Crippen molar-refractivity contribution in [3.05, 3.63) is 12.2 Å². The highest BCUT2D eigenvalue weighted by Gasteiger charge is 2.59. The standard InChI is InChI=1S/C56H97N3O31/c1-4-5-6-7-8-9-10-11-12-13-14-15-16-17-29(67)28(57-25-64)23-81-52-45(77)43(75)48(34(22-63)85-52)88-54-46(78)50(40(72)32(20-61)83-54)89-51-37(59-27(3)66)41(73)47(33(21-62)84-51)87-53-44(76)42(74)39(71)35(86-53)24-82-56(55(79)80)18-30(68)36(58-26(2)65)49(90-56)38(70)31(69)19-60/h16-17,25,28-54,60-63,67-78H,4-15,18-24H2,1-3H3,(H,57,64)(H,58,65)(H,59,66)(H,79,80)/b17-16+/t28-,29+,30-,31+,32+,33+,34+,35+,36+,37+,38+,39-,40-,41+,42-,43+,44+,45+,46+,47+,48+,49+,50-,51-,52+,53-,54-,56+/m0/s1. The van der Waals surface area contributed by atoms with Crippen LogP contribution in [0.3, 0.4) is 0 Å². The summed E-state index contributed by atoms with van der Waals surface area (Å²) < 4.78 is 57.6. The molecule has 5 rings (SSSR count). The lowest BCUT2D eigenvalue weighted by Crippen LogP contribution is -2.70. The molecular weight excluding hydrogens is 1210 g/mol. The van der Waals surface area contributed by atoms with Crippen molar-refractivity contribution < 1.29 is 153 Å². The molecule has 0 spiro atoms. The van der Waals surface area contributed by atoms with Crippen molar-refractivity contribution in [3.63, 3.8) is 0 Å². The molecule has 34 heteroatoms. The highest BCUT2D eigenvalue weighted by molar-refractivity contribution is 5.76. The van der Waals surface area contributed by atoms with E-state index >= 15 is 0 Å². The fourth-order valence-corrected chi connectivity index (χ4v) is 11.4. The molecule has 5 aliphatic heterocycles. The van der Waals surface area contributed by atoms with Gasteiger partial charge in [-0.15, -0.1) is 0 Å². The third-order valence-electron chi connectivity index (χ3n) is 16.5. The van der Waals surface area contributed by atoms with E-state index in [-0.39, 0.29) is 0 Å². The first-order valence-corrected chi connectivity index (χ1v) is 30.6. The van der Waals surface area contributed by atoms with E-state index in [0.717, 1.165) is 39.5 Å². The summed E-state index contributed by atoms with van der Waals surface area (Å²) in [5.74, 6) is -6.61. The summed E-state index contributed by atoms with van der Waals surface area (Å²) in [5.41, 5.74) is 0. The lowest BCUT2D eigenvalue weighted by atomic mass is 9.88. The summed E-state index contributed by atoms with van der Waals surface area (Å²) in [6.07, 6.45) is -30.7. The van der Waals surface area contributed by atoms with Crippen molar-refractivity contribution in [2.24, 2.45) is 0 Å². The maximum Gasteiger partial charge on any atom is 0.364 e. The van der Waals surface area contributed by atoms with Crippen LogP contribution in [0, 0.1) is 0 Å². The van der Waals surface area contributed by atoms with Crippen LogP contribution in [0.1, 0.15) is 104 Å².